The van der Waals surface area contributed by atoms with Gasteiger partial charge in [0, 0.05) is 5.41 Å². The lowest BCUT2D eigenvalue weighted by Gasteiger charge is -2.33. The molecule has 1 aromatic heterocycles. The van der Waals surface area contributed by atoms with E-state index in [9.17, 15) is 9.90 Å². The summed E-state index contributed by atoms with van der Waals surface area (Å²) < 4.78 is 5.81. The van der Waals surface area contributed by atoms with Gasteiger partial charge in [-0.2, -0.15) is 0 Å². The number of fused-ring (bicyclic) bond motifs is 1. The first-order valence-electron chi connectivity index (χ1n) is 7.98. The topological polar surface area (TPSA) is 63.3 Å². The lowest BCUT2D eigenvalue weighted by molar-refractivity contribution is -0.145. The number of hydrogen-bond acceptors (Lipinski definition) is 3. The van der Waals surface area contributed by atoms with Gasteiger partial charge in [-0.3, -0.25) is 4.79 Å². The van der Waals surface area contributed by atoms with Crippen molar-refractivity contribution in [1.29, 1.82) is 0 Å². The summed E-state index contributed by atoms with van der Waals surface area (Å²) in [6.07, 6.45) is 4.47. The van der Waals surface area contributed by atoms with Crippen LogP contribution in [-0.2, 0) is 15.6 Å². The second-order valence-corrected chi connectivity index (χ2v) is 7.40. The van der Waals surface area contributed by atoms with Gasteiger partial charge in [0.2, 0.25) is 5.89 Å². The molecule has 0 saturated heterocycles. The third-order valence-electron chi connectivity index (χ3n) is 4.70. The lowest BCUT2D eigenvalue weighted by atomic mass is 9.69. The number of nitrogens with zero attached hydrogens (tertiary/aromatic N) is 1. The molecule has 1 N–H and O–H groups in total. The number of carboxylic acids is 1. The van der Waals surface area contributed by atoms with Crippen molar-refractivity contribution >= 4 is 17.1 Å². The van der Waals surface area contributed by atoms with Crippen LogP contribution >= 0.6 is 0 Å². The van der Waals surface area contributed by atoms with Crippen molar-refractivity contribution in [3.8, 4) is 0 Å². The molecule has 22 heavy (non-hydrogen) atoms. The molecule has 0 aliphatic heterocycles. The van der Waals surface area contributed by atoms with Gasteiger partial charge in [0.1, 0.15) is 5.52 Å². The summed E-state index contributed by atoms with van der Waals surface area (Å²) in [5.74, 6) is -0.0289. The minimum Gasteiger partial charge on any atom is -0.481 e. The van der Waals surface area contributed by atoms with E-state index in [4.69, 9.17) is 4.42 Å². The summed E-state index contributed by atoms with van der Waals surface area (Å²) in [6, 6.07) is 5.68. The first-order chi connectivity index (χ1) is 10.3. The average molecular weight is 301 g/mol. The van der Waals surface area contributed by atoms with Crippen LogP contribution in [0.4, 0.5) is 0 Å². The Morgan fingerprint density at radius 3 is 2.50 bits per heavy atom. The zero-order valence-electron chi connectivity index (χ0n) is 13.5. The molecule has 0 radical (unpaired) electrons. The Kier molecular flexibility index (Phi) is 3.50. The molecular formula is C18H23NO3. The predicted molar refractivity (Wildman–Crippen MR) is 85.1 cm³/mol. The van der Waals surface area contributed by atoms with Gasteiger partial charge in [0.15, 0.2) is 5.58 Å². The first-order valence-corrected chi connectivity index (χ1v) is 7.98. The van der Waals surface area contributed by atoms with Crippen molar-refractivity contribution in [3.05, 3.63) is 29.7 Å². The molecule has 1 aliphatic carbocycles. The number of benzene rings is 1. The third-order valence-corrected chi connectivity index (χ3v) is 4.70. The smallest absolute Gasteiger partial charge is 0.314 e. The fourth-order valence-corrected chi connectivity index (χ4v) is 3.33. The average Bonchev–Trinajstić information content (AvgIpc) is 2.91. The van der Waals surface area contributed by atoms with E-state index in [-0.39, 0.29) is 5.41 Å². The monoisotopic (exact) mass is 301 g/mol. The molecule has 1 aliphatic rings. The molecule has 1 aromatic carbocycles. The van der Waals surface area contributed by atoms with E-state index in [1.807, 2.05) is 18.2 Å². The molecule has 1 heterocycles. The van der Waals surface area contributed by atoms with Gasteiger partial charge >= 0.3 is 5.97 Å². The summed E-state index contributed by atoms with van der Waals surface area (Å²) in [5, 5.41) is 9.80. The predicted octanol–water partition coefficient (Wildman–Crippen LogP) is 4.41. The van der Waals surface area contributed by atoms with Crippen LogP contribution in [0, 0.1) is 0 Å². The Morgan fingerprint density at radius 1 is 1.23 bits per heavy atom. The minimum absolute atomic E-state index is 0.158. The third kappa shape index (κ3) is 2.40. The molecule has 0 bridgehead atoms. The zero-order chi connectivity index (χ0) is 16.0. The van der Waals surface area contributed by atoms with Crippen LogP contribution < -0.4 is 0 Å². The Balaban J connectivity index is 2.09. The van der Waals surface area contributed by atoms with E-state index in [0.29, 0.717) is 18.7 Å². The molecule has 1 fully saturated rings. The van der Waals surface area contributed by atoms with Gasteiger partial charge in [-0.25, -0.2) is 4.98 Å². The highest BCUT2D eigenvalue weighted by Gasteiger charge is 2.41. The van der Waals surface area contributed by atoms with Gasteiger partial charge in [0.05, 0.1) is 5.41 Å². The maximum atomic E-state index is 11.9. The molecule has 4 nitrogen and oxygen atoms in total. The summed E-state index contributed by atoms with van der Waals surface area (Å²) in [6.45, 7) is 6.16. The van der Waals surface area contributed by atoms with Crippen LogP contribution in [0.15, 0.2) is 22.6 Å². The van der Waals surface area contributed by atoms with E-state index >= 15 is 0 Å². The molecular weight excluding hydrogens is 278 g/mol. The number of aromatic nitrogens is 1. The fraction of sp³-hybridized carbons (Fsp3) is 0.556. The second-order valence-electron chi connectivity index (χ2n) is 7.40. The highest BCUT2D eigenvalue weighted by atomic mass is 16.4. The van der Waals surface area contributed by atoms with Crippen LogP contribution in [0.2, 0.25) is 0 Å². The van der Waals surface area contributed by atoms with E-state index in [1.54, 1.807) is 0 Å². The van der Waals surface area contributed by atoms with Crippen molar-refractivity contribution in [1.82, 2.24) is 4.98 Å². The highest BCUT2D eigenvalue weighted by molar-refractivity contribution is 5.84. The van der Waals surface area contributed by atoms with Crippen LogP contribution in [0.1, 0.15) is 64.3 Å². The summed E-state index contributed by atoms with van der Waals surface area (Å²) in [7, 11) is 0. The number of aliphatic carboxylic acids is 1. The van der Waals surface area contributed by atoms with Crippen LogP contribution in [0.25, 0.3) is 11.1 Å². The number of hydrogen-bond donors (Lipinski definition) is 1. The largest absolute Gasteiger partial charge is 0.481 e. The van der Waals surface area contributed by atoms with Gasteiger partial charge < -0.3 is 9.52 Å². The minimum atomic E-state index is -0.757. The molecule has 4 heteroatoms. The van der Waals surface area contributed by atoms with Crippen LogP contribution in [-0.4, -0.2) is 16.1 Å². The van der Waals surface area contributed by atoms with Gasteiger partial charge in [-0.1, -0.05) is 46.1 Å². The fourth-order valence-electron chi connectivity index (χ4n) is 3.33. The van der Waals surface area contributed by atoms with Gasteiger partial charge in [0.25, 0.3) is 0 Å². The summed E-state index contributed by atoms with van der Waals surface area (Å²) >= 11 is 0. The molecule has 0 spiro atoms. The van der Waals surface area contributed by atoms with Gasteiger partial charge in [-0.05, 0) is 30.5 Å². The molecule has 0 unspecified atom stereocenters. The van der Waals surface area contributed by atoms with Crippen molar-refractivity contribution in [3.63, 3.8) is 0 Å². The standard InChI is InChI=1S/C18H23NO3/c1-17(2,3)15-19-13-11-12(7-8-14(13)22-15)18(16(20)21)9-5-4-6-10-18/h7-8,11H,4-6,9-10H2,1-3H3,(H,20,21). The Bertz CT molecular complexity index is 703. The van der Waals surface area contributed by atoms with Crippen LogP contribution in [0.3, 0.4) is 0 Å². The van der Waals surface area contributed by atoms with E-state index < -0.39 is 11.4 Å². The molecule has 2 aromatic rings. The molecule has 0 amide bonds. The number of rotatable bonds is 2. The van der Waals surface area contributed by atoms with Gasteiger partial charge in [-0.15, -0.1) is 0 Å². The second kappa shape index (κ2) is 5.11. The van der Waals surface area contributed by atoms with E-state index in [2.05, 4.69) is 25.8 Å². The normalized spacial score (nSPS) is 18.5. The maximum absolute atomic E-state index is 11.9. The first kappa shape index (κ1) is 15.1. The molecule has 0 atom stereocenters. The lowest BCUT2D eigenvalue weighted by Crippen LogP contribution is -2.37. The quantitative estimate of drug-likeness (QED) is 0.892. The van der Waals surface area contributed by atoms with Crippen LogP contribution in [0.5, 0.6) is 0 Å². The highest BCUT2D eigenvalue weighted by Crippen LogP contribution is 2.41. The SMILES string of the molecule is CC(C)(C)c1nc2cc(C3(C(=O)O)CCCCC3)ccc2o1. The Labute approximate surface area is 130 Å². The number of carbonyl (C=O) groups is 1. The van der Waals surface area contributed by atoms with E-state index in [0.717, 1.165) is 35.9 Å². The van der Waals surface area contributed by atoms with Crippen molar-refractivity contribution in [2.75, 3.05) is 0 Å². The summed E-state index contributed by atoms with van der Waals surface area (Å²) in [4.78, 5) is 16.5. The van der Waals surface area contributed by atoms with Crippen molar-refractivity contribution < 1.29 is 14.3 Å². The number of oxazole rings is 1. The number of carboxylic acid groups (broad SMARTS) is 1. The maximum Gasteiger partial charge on any atom is 0.314 e. The molecule has 1 saturated carbocycles. The van der Waals surface area contributed by atoms with Crippen molar-refractivity contribution in [2.45, 2.75) is 63.7 Å². The molecule has 118 valence electrons. The Morgan fingerprint density at radius 2 is 1.91 bits per heavy atom. The Hall–Kier alpha value is -1.84. The van der Waals surface area contributed by atoms with Crippen molar-refractivity contribution in [2.24, 2.45) is 0 Å². The molecule has 3 rings (SSSR count). The summed E-state index contributed by atoms with van der Waals surface area (Å²) in [5.41, 5.74) is 1.43. The zero-order valence-corrected chi connectivity index (χ0v) is 13.5. The van der Waals surface area contributed by atoms with E-state index in [1.165, 1.54) is 0 Å².